The molecule has 0 spiro atoms. The van der Waals surface area contributed by atoms with Crippen LogP contribution in [0.1, 0.15) is 50.8 Å². The minimum Gasteiger partial charge on any atom is -0.389 e. The average molecular weight is 205 g/mol. The highest BCUT2D eigenvalue weighted by Crippen LogP contribution is 2.24. The number of rotatable bonds is 2. The zero-order valence-electron chi connectivity index (χ0n) is 9.86. The Hall–Kier alpha value is -1.33. The van der Waals surface area contributed by atoms with E-state index in [2.05, 4.69) is 6.07 Å². The summed E-state index contributed by atoms with van der Waals surface area (Å²) >= 11 is 0. The van der Waals surface area contributed by atoms with E-state index in [-0.39, 0.29) is 5.92 Å². The van der Waals surface area contributed by atoms with Crippen LogP contribution in [0.15, 0.2) is 24.3 Å². The average Bonchev–Trinajstić information content (AvgIpc) is 2.30. The zero-order chi connectivity index (χ0) is 11.8. The van der Waals surface area contributed by atoms with Gasteiger partial charge in [0.05, 0.1) is 18.1 Å². The van der Waals surface area contributed by atoms with E-state index in [1.54, 1.807) is 6.92 Å². The molecule has 82 valence electrons. The van der Waals surface area contributed by atoms with E-state index < -0.39 is 6.10 Å². The molecule has 1 N–H and O–H groups in total. The molecule has 2 atom stereocenters. The normalized spacial score (nSPS) is 13.1. The predicted octanol–water partition coefficient (Wildman–Crippen LogP) is 3.39. The van der Waals surface area contributed by atoms with Gasteiger partial charge in [-0.25, -0.2) is 0 Å². The van der Waals surface area contributed by atoms with E-state index in [0.717, 1.165) is 11.1 Å². The topological polar surface area (TPSA) is 44.0 Å². The summed E-state index contributed by atoms with van der Waals surface area (Å²) in [6.45, 7) is 7.55. The quantitative estimate of drug-likeness (QED) is 0.804. The summed E-state index contributed by atoms with van der Waals surface area (Å²) in [7, 11) is 0. The molecule has 1 aromatic rings. The molecule has 0 aliphatic carbocycles. The molecule has 0 bridgehead atoms. The van der Waals surface area contributed by atoms with E-state index >= 15 is 0 Å². The Morgan fingerprint density at radius 3 is 2.00 bits per heavy atom. The van der Waals surface area contributed by atoms with Crippen LogP contribution in [0.25, 0.3) is 0 Å². The summed E-state index contributed by atoms with van der Waals surface area (Å²) in [5.41, 5.74) is 1.76. The van der Waals surface area contributed by atoms with Crippen LogP contribution in [-0.2, 0) is 0 Å². The summed E-state index contributed by atoms with van der Waals surface area (Å²) in [6, 6.07) is 9.66. The maximum absolute atomic E-state index is 9.44. The van der Waals surface area contributed by atoms with Gasteiger partial charge in [0, 0.05) is 0 Å². The third-order valence-electron chi connectivity index (χ3n) is 2.11. The molecule has 2 unspecified atom stereocenters. The lowest BCUT2D eigenvalue weighted by Crippen LogP contribution is -2.00. The monoisotopic (exact) mass is 205 g/mol. The van der Waals surface area contributed by atoms with Crippen LogP contribution >= 0.6 is 0 Å². The fourth-order valence-electron chi connectivity index (χ4n) is 1.36. The van der Waals surface area contributed by atoms with Crippen molar-refractivity contribution in [3.05, 3.63) is 35.4 Å². The second-order valence-corrected chi connectivity index (χ2v) is 3.16. The molecule has 0 amide bonds. The third kappa shape index (κ3) is 3.73. The number of nitriles is 1. The molecular weight excluding hydrogens is 186 g/mol. The Labute approximate surface area is 92.2 Å². The lowest BCUT2D eigenvalue weighted by Gasteiger charge is -2.12. The Balaban J connectivity index is 0.000000921. The van der Waals surface area contributed by atoms with Gasteiger partial charge in [0.1, 0.15) is 0 Å². The van der Waals surface area contributed by atoms with Crippen molar-refractivity contribution in [2.75, 3.05) is 0 Å². The van der Waals surface area contributed by atoms with Crippen LogP contribution < -0.4 is 0 Å². The Bertz CT molecular complexity index is 326. The Kier molecular flexibility index (Phi) is 6.40. The molecule has 2 heteroatoms. The maximum atomic E-state index is 9.44. The second kappa shape index (κ2) is 7.03. The Morgan fingerprint density at radius 1 is 1.13 bits per heavy atom. The molecule has 0 aliphatic heterocycles. The van der Waals surface area contributed by atoms with Crippen LogP contribution in [0.5, 0.6) is 0 Å². The molecule has 1 aromatic carbocycles. The van der Waals surface area contributed by atoms with Gasteiger partial charge in [-0.15, -0.1) is 0 Å². The third-order valence-corrected chi connectivity index (χ3v) is 2.11. The number of aliphatic hydroxyl groups is 1. The van der Waals surface area contributed by atoms with Crippen molar-refractivity contribution in [2.24, 2.45) is 0 Å². The smallest absolute Gasteiger partial charge is 0.0765 e. The molecule has 0 radical (unpaired) electrons. The number of hydrogen-bond donors (Lipinski definition) is 1. The maximum Gasteiger partial charge on any atom is 0.0765 e. The highest BCUT2D eigenvalue weighted by molar-refractivity contribution is 5.34. The second-order valence-electron chi connectivity index (χ2n) is 3.16. The van der Waals surface area contributed by atoms with E-state index in [0.29, 0.717) is 0 Å². The van der Waals surface area contributed by atoms with Crippen LogP contribution in [0.2, 0.25) is 0 Å². The van der Waals surface area contributed by atoms with E-state index in [1.165, 1.54) is 0 Å². The van der Waals surface area contributed by atoms with E-state index in [4.69, 9.17) is 5.26 Å². The van der Waals surface area contributed by atoms with Crippen molar-refractivity contribution in [2.45, 2.75) is 39.7 Å². The van der Waals surface area contributed by atoms with Gasteiger partial charge in [-0.05, 0) is 25.0 Å². The standard InChI is InChI=1S/C11H13NO.C2H6/c1-8(7-12)10-5-3-4-6-11(10)9(2)13;1-2/h3-6,8-9,13H,1-2H3;1-2H3. The summed E-state index contributed by atoms with van der Waals surface area (Å²) in [5, 5.41) is 18.2. The molecule has 0 fully saturated rings. The highest BCUT2D eigenvalue weighted by Gasteiger charge is 2.11. The van der Waals surface area contributed by atoms with Crippen LogP contribution in [0.3, 0.4) is 0 Å². The first-order valence-corrected chi connectivity index (χ1v) is 5.33. The van der Waals surface area contributed by atoms with Gasteiger partial charge in [0.15, 0.2) is 0 Å². The van der Waals surface area contributed by atoms with Crippen molar-refractivity contribution in [1.82, 2.24) is 0 Å². The number of hydrogen-bond acceptors (Lipinski definition) is 2. The largest absolute Gasteiger partial charge is 0.389 e. The minimum absolute atomic E-state index is 0.161. The van der Waals surface area contributed by atoms with Gasteiger partial charge >= 0.3 is 0 Å². The van der Waals surface area contributed by atoms with Crippen molar-refractivity contribution in [3.63, 3.8) is 0 Å². The first-order valence-electron chi connectivity index (χ1n) is 5.33. The molecular formula is C13H19NO. The van der Waals surface area contributed by atoms with Crippen LogP contribution in [-0.4, -0.2) is 5.11 Å². The van der Waals surface area contributed by atoms with Gasteiger partial charge < -0.3 is 5.11 Å². The van der Waals surface area contributed by atoms with Crippen LogP contribution in [0.4, 0.5) is 0 Å². The molecule has 0 aliphatic rings. The molecule has 2 nitrogen and oxygen atoms in total. The summed E-state index contributed by atoms with van der Waals surface area (Å²) in [4.78, 5) is 0. The lowest BCUT2D eigenvalue weighted by molar-refractivity contribution is 0.198. The highest BCUT2D eigenvalue weighted by atomic mass is 16.3. The first kappa shape index (κ1) is 13.7. The Morgan fingerprint density at radius 2 is 1.60 bits per heavy atom. The lowest BCUT2D eigenvalue weighted by atomic mass is 9.94. The van der Waals surface area contributed by atoms with Crippen molar-refractivity contribution < 1.29 is 5.11 Å². The number of benzene rings is 1. The molecule has 0 aromatic heterocycles. The minimum atomic E-state index is -0.507. The van der Waals surface area contributed by atoms with Crippen molar-refractivity contribution >= 4 is 0 Å². The SMILES string of the molecule is CC.CC(O)c1ccccc1C(C)C#N. The fraction of sp³-hybridized carbons (Fsp3) is 0.462. The van der Waals surface area contributed by atoms with Gasteiger partial charge in [-0.3, -0.25) is 0 Å². The molecule has 15 heavy (non-hydrogen) atoms. The first-order chi connectivity index (χ1) is 7.16. The number of aliphatic hydroxyl groups excluding tert-OH is 1. The van der Waals surface area contributed by atoms with Crippen LogP contribution in [0, 0.1) is 11.3 Å². The van der Waals surface area contributed by atoms with E-state index in [1.807, 2.05) is 45.0 Å². The summed E-state index contributed by atoms with van der Waals surface area (Å²) in [5.74, 6) is -0.161. The van der Waals surface area contributed by atoms with E-state index in [9.17, 15) is 5.11 Å². The van der Waals surface area contributed by atoms with Gasteiger partial charge in [0.25, 0.3) is 0 Å². The van der Waals surface area contributed by atoms with Crippen molar-refractivity contribution in [3.8, 4) is 6.07 Å². The summed E-state index contributed by atoms with van der Waals surface area (Å²) in [6.07, 6.45) is -0.507. The fourth-order valence-corrected chi connectivity index (χ4v) is 1.36. The summed E-state index contributed by atoms with van der Waals surface area (Å²) < 4.78 is 0. The predicted molar refractivity (Wildman–Crippen MR) is 62.5 cm³/mol. The molecule has 0 heterocycles. The zero-order valence-corrected chi connectivity index (χ0v) is 9.86. The number of nitrogens with zero attached hydrogens (tertiary/aromatic N) is 1. The van der Waals surface area contributed by atoms with Gasteiger partial charge in [-0.2, -0.15) is 5.26 Å². The van der Waals surface area contributed by atoms with Crippen molar-refractivity contribution in [1.29, 1.82) is 5.26 Å². The molecule has 0 saturated carbocycles. The molecule has 0 saturated heterocycles. The van der Waals surface area contributed by atoms with Gasteiger partial charge in [0.2, 0.25) is 0 Å². The van der Waals surface area contributed by atoms with Gasteiger partial charge in [-0.1, -0.05) is 38.1 Å². The molecule has 1 rings (SSSR count).